The fourth-order valence-corrected chi connectivity index (χ4v) is 1.45. The number of nitro groups is 1. The first kappa shape index (κ1) is 16.2. The van der Waals surface area contributed by atoms with Gasteiger partial charge in [-0.15, -0.1) is 0 Å². The number of amides is 1. The molecule has 0 aliphatic heterocycles. The number of carbonyl (C=O) groups excluding carboxylic acids is 1. The number of nitrogens with one attached hydrogen (secondary N) is 1. The molecule has 0 aliphatic rings. The Hall–Kier alpha value is -0.800. The van der Waals surface area contributed by atoms with Crippen LogP contribution in [0.3, 0.4) is 0 Å². The number of rotatable bonds is 3. The van der Waals surface area contributed by atoms with E-state index in [1.54, 1.807) is 0 Å². The van der Waals surface area contributed by atoms with Crippen LogP contribution in [0.15, 0.2) is 23.1 Å². The van der Waals surface area contributed by atoms with E-state index in [1.165, 1.54) is 19.1 Å². The zero-order valence-corrected chi connectivity index (χ0v) is 11.9. The number of hydrogen-bond donors (Lipinski definition) is 1. The summed E-state index contributed by atoms with van der Waals surface area (Å²) in [5.74, 6) is -0.473. The molecule has 86 valence electrons. The maximum absolute atomic E-state index is 10.8. The molecule has 0 aliphatic carbocycles. The van der Waals surface area contributed by atoms with E-state index >= 15 is 0 Å². The molecule has 0 saturated heterocycles. The quantitative estimate of drug-likeness (QED) is 0.288. The van der Waals surface area contributed by atoms with Crippen LogP contribution in [0, 0.1) is 10.1 Å². The van der Waals surface area contributed by atoms with Crippen LogP contribution in [0.25, 0.3) is 0 Å². The molecule has 1 rings (SSSR count). The predicted octanol–water partition coefficient (Wildman–Crippen LogP) is -2.20. The molecule has 7 nitrogen and oxygen atoms in total. The summed E-state index contributed by atoms with van der Waals surface area (Å²) < 4.78 is 21.2. The van der Waals surface area contributed by atoms with Crippen LogP contribution < -0.4 is 34.9 Å². The Morgan fingerprint density at radius 2 is 2.06 bits per heavy atom. The Labute approximate surface area is 121 Å². The molecule has 0 saturated carbocycles. The molecule has 0 spiro atoms. The van der Waals surface area contributed by atoms with Gasteiger partial charge >= 0.3 is 29.6 Å². The number of hydrogen-bond acceptors (Lipinski definition) is 5. The van der Waals surface area contributed by atoms with E-state index in [0.29, 0.717) is 0 Å². The van der Waals surface area contributed by atoms with Crippen molar-refractivity contribution in [3.63, 3.8) is 0 Å². The predicted molar refractivity (Wildman–Crippen MR) is 54.6 cm³/mol. The van der Waals surface area contributed by atoms with Crippen molar-refractivity contribution in [2.75, 3.05) is 5.32 Å². The summed E-state index contributed by atoms with van der Waals surface area (Å²) in [4.78, 5) is 20.4. The van der Waals surface area contributed by atoms with Crippen molar-refractivity contribution in [2.24, 2.45) is 0 Å². The van der Waals surface area contributed by atoms with Crippen LogP contribution in [0.4, 0.5) is 11.4 Å². The molecule has 1 aromatic carbocycles. The topological polar surface area (TPSA) is 112 Å². The van der Waals surface area contributed by atoms with Gasteiger partial charge in [0, 0.05) is 17.9 Å². The molecule has 0 heterocycles. The third-order valence-corrected chi connectivity index (χ3v) is 2.31. The van der Waals surface area contributed by atoms with Crippen molar-refractivity contribution in [3.8, 4) is 0 Å². The second kappa shape index (κ2) is 6.82. The molecule has 1 amide bonds. The van der Waals surface area contributed by atoms with E-state index in [2.05, 4.69) is 5.32 Å². The van der Waals surface area contributed by atoms with Gasteiger partial charge in [0.1, 0.15) is 5.69 Å². The van der Waals surface area contributed by atoms with Crippen molar-refractivity contribution in [3.05, 3.63) is 28.3 Å². The Morgan fingerprint density at radius 3 is 2.47 bits per heavy atom. The second-order valence-electron chi connectivity index (χ2n) is 2.85. The monoisotopic (exact) mass is 266 g/mol. The summed E-state index contributed by atoms with van der Waals surface area (Å²) in [6, 6.07) is 3.22. The molecule has 0 fully saturated rings. The van der Waals surface area contributed by atoms with Gasteiger partial charge in [0.25, 0.3) is 5.69 Å². The molecule has 9 heteroatoms. The summed E-state index contributed by atoms with van der Waals surface area (Å²) >= 11 is -2.54. The van der Waals surface area contributed by atoms with Crippen molar-refractivity contribution in [1.82, 2.24) is 0 Å². The SMILES string of the molecule is CC(=O)Nc1ccc(S(=O)[O-])cc1[N+](=O)[O-].[Na+]. The van der Waals surface area contributed by atoms with E-state index in [9.17, 15) is 23.7 Å². The zero-order valence-electron chi connectivity index (χ0n) is 9.13. The van der Waals surface area contributed by atoms with Crippen LogP contribution in [0.1, 0.15) is 6.92 Å². The van der Waals surface area contributed by atoms with Crippen LogP contribution >= 0.6 is 0 Å². The van der Waals surface area contributed by atoms with Crippen molar-refractivity contribution < 1.29 is 48.0 Å². The Kier molecular flexibility index (Phi) is 6.50. The fourth-order valence-electron chi connectivity index (χ4n) is 1.06. The van der Waals surface area contributed by atoms with E-state index in [1.807, 2.05) is 0 Å². The first-order chi connectivity index (χ1) is 7.41. The molecule has 1 atom stereocenters. The number of carbonyl (C=O) groups is 1. The minimum Gasteiger partial charge on any atom is -0.768 e. The third-order valence-electron chi connectivity index (χ3n) is 1.67. The fraction of sp³-hybridized carbons (Fsp3) is 0.125. The number of nitrogens with zero attached hydrogens (tertiary/aromatic N) is 1. The first-order valence-corrected chi connectivity index (χ1v) is 5.14. The maximum atomic E-state index is 10.8. The van der Waals surface area contributed by atoms with E-state index in [4.69, 9.17) is 0 Å². The van der Waals surface area contributed by atoms with E-state index in [-0.39, 0.29) is 40.1 Å². The van der Waals surface area contributed by atoms with Crippen LogP contribution in [0.2, 0.25) is 0 Å². The van der Waals surface area contributed by atoms with Crippen molar-refractivity contribution in [1.29, 1.82) is 0 Å². The minimum absolute atomic E-state index is 0. The largest absolute Gasteiger partial charge is 1.00 e. The van der Waals surface area contributed by atoms with Gasteiger partial charge in [-0.1, -0.05) is 0 Å². The standard InChI is InChI=1S/C8H8N2O5S.Na/c1-5(11)9-7-3-2-6(16(14)15)4-8(7)10(12)13;/h2-4H,1H3,(H,9,11)(H,14,15);/q;+1/p-1. The average Bonchev–Trinajstić information content (AvgIpc) is 2.16. The van der Waals surface area contributed by atoms with Gasteiger partial charge in [0.2, 0.25) is 5.91 Å². The zero-order chi connectivity index (χ0) is 12.3. The number of benzene rings is 1. The van der Waals surface area contributed by atoms with Crippen LogP contribution in [-0.4, -0.2) is 19.6 Å². The molecule has 0 aromatic heterocycles. The van der Waals surface area contributed by atoms with Crippen molar-refractivity contribution >= 4 is 28.4 Å². The second-order valence-corrected chi connectivity index (χ2v) is 3.79. The van der Waals surface area contributed by atoms with E-state index in [0.717, 1.165) is 6.07 Å². The molecule has 1 unspecified atom stereocenters. The van der Waals surface area contributed by atoms with Gasteiger partial charge in [-0.25, -0.2) is 0 Å². The van der Waals surface area contributed by atoms with Crippen molar-refractivity contribution in [2.45, 2.75) is 11.8 Å². The van der Waals surface area contributed by atoms with Gasteiger partial charge < -0.3 is 9.87 Å². The molecule has 17 heavy (non-hydrogen) atoms. The van der Waals surface area contributed by atoms with Gasteiger partial charge in [-0.05, 0) is 23.2 Å². The smallest absolute Gasteiger partial charge is 0.768 e. The molecule has 1 N–H and O–H groups in total. The average molecular weight is 266 g/mol. The van der Waals surface area contributed by atoms with Gasteiger partial charge in [-0.3, -0.25) is 19.1 Å². The molecular formula is C8H7N2NaO5S. The Balaban J connectivity index is 0.00000256. The third kappa shape index (κ3) is 4.52. The molecule has 0 radical (unpaired) electrons. The number of anilines is 1. The Morgan fingerprint density at radius 1 is 1.47 bits per heavy atom. The summed E-state index contributed by atoms with van der Waals surface area (Å²) in [5, 5.41) is 12.9. The Bertz CT molecular complexity index is 479. The van der Waals surface area contributed by atoms with Gasteiger partial charge in [0.15, 0.2) is 0 Å². The maximum Gasteiger partial charge on any atom is 1.00 e. The number of nitro benzene ring substituents is 1. The van der Waals surface area contributed by atoms with Gasteiger partial charge in [0.05, 0.1) is 4.92 Å². The van der Waals surface area contributed by atoms with E-state index < -0.39 is 27.6 Å². The summed E-state index contributed by atoms with van der Waals surface area (Å²) in [6.45, 7) is 1.20. The van der Waals surface area contributed by atoms with Gasteiger partial charge in [-0.2, -0.15) is 0 Å². The summed E-state index contributed by atoms with van der Waals surface area (Å²) in [5.41, 5.74) is -0.497. The minimum atomic E-state index is -2.54. The molecule has 0 bridgehead atoms. The normalized spacial score (nSPS) is 11.2. The summed E-state index contributed by atoms with van der Waals surface area (Å²) in [7, 11) is 0. The van der Waals surface area contributed by atoms with Crippen LogP contribution in [-0.2, 0) is 15.9 Å². The molecular weight excluding hydrogens is 259 g/mol. The molecule has 1 aromatic rings. The first-order valence-electron chi connectivity index (χ1n) is 4.07. The summed E-state index contributed by atoms with van der Waals surface area (Å²) in [6.07, 6.45) is 0. The van der Waals surface area contributed by atoms with Crippen LogP contribution in [0.5, 0.6) is 0 Å².